The highest BCUT2D eigenvalue weighted by Gasteiger charge is 2.14. The van der Waals surface area contributed by atoms with Gasteiger partial charge in [-0.2, -0.15) is 0 Å². The normalized spacial score (nSPS) is 11.2. The van der Waals surface area contributed by atoms with Crippen molar-refractivity contribution >= 4 is 11.0 Å². The van der Waals surface area contributed by atoms with Crippen LogP contribution in [-0.4, -0.2) is 30.7 Å². The lowest BCUT2D eigenvalue weighted by molar-refractivity contribution is 0.346. The minimum absolute atomic E-state index is 0.0618. The van der Waals surface area contributed by atoms with E-state index in [1.54, 1.807) is 0 Å². The second-order valence-corrected chi connectivity index (χ2v) is 6.00. The van der Waals surface area contributed by atoms with Gasteiger partial charge in [-0.1, -0.05) is 31.2 Å². The molecule has 0 fully saturated rings. The van der Waals surface area contributed by atoms with Crippen LogP contribution in [0.5, 0.6) is 11.5 Å². The summed E-state index contributed by atoms with van der Waals surface area (Å²) in [5.41, 5.74) is 2.06. The minimum atomic E-state index is -0.177. The van der Waals surface area contributed by atoms with Gasteiger partial charge in [0, 0.05) is 18.2 Å². The molecule has 130 valence electrons. The van der Waals surface area contributed by atoms with Crippen LogP contribution in [-0.2, 0) is 6.54 Å². The van der Waals surface area contributed by atoms with Crippen molar-refractivity contribution in [2.24, 2.45) is 0 Å². The third-order valence-electron chi connectivity index (χ3n) is 4.27. The predicted octanol–water partition coefficient (Wildman–Crippen LogP) is 3.63. The molecule has 0 atom stereocenters. The second-order valence-electron chi connectivity index (χ2n) is 6.00. The van der Waals surface area contributed by atoms with Crippen LogP contribution in [0.1, 0.15) is 12.5 Å². The molecule has 1 N–H and O–H groups in total. The number of phenolic OH excluding ortho intramolecular Hbond substituents is 1. The van der Waals surface area contributed by atoms with E-state index in [1.165, 1.54) is 30.9 Å². The molecule has 0 amide bonds. The molecule has 5 heteroatoms. The maximum atomic E-state index is 12.4. The minimum Gasteiger partial charge on any atom is -0.504 e. The van der Waals surface area contributed by atoms with Crippen molar-refractivity contribution in [1.82, 2.24) is 4.90 Å². The van der Waals surface area contributed by atoms with E-state index in [0.717, 1.165) is 18.7 Å². The zero-order valence-electron chi connectivity index (χ0n) is 14.6. The quantitative estimate of drug-likeness (QED) is 0.769. The molecule has 0 bridgehead atoms. The fourth-order valence-corrected chi connectivity index (χ4v) is 2.72. The molecule has 25 heavy (non-hydrogen) atoms. The summed E-state index contributed by atoms with van der Waals surface area (Å²) in [5.74, 6) is 0.544. The molecule has 0 spiro atoms. The van der Waals surface area contributed by atoms with Gasteiger partial charge in [0.25, 0.3) is 0 Å². The van der Waals surface area contributed by atoms with E-state index >= 15 is 0 Å². The summed E-state index contributed by atoms with van der Waals surface area (Å²) in [7, 11) is 3.50. The maximum absolute atomic E-state index is 12.4. The van der Waals surface area contributed by atoms with Gasteiger partial charge in [0.1, 0.15) is 5.76 Å². The van der Waals surface area contributed by atoms with Crippen LogP contribution in [0.4, 0.5) is 0 Å². The lowest BCUT2D eigenvalue weighted by Crippen LogP contribution is -2.16. The number of hydrogen-bond acceptors (Lipinski definition) is 5. The zero-order valence-corrected chi connectivity index (χ0v) is 14.6. The molecular weight excluding hydrogens is 318 g/mol. The molecule has 0 radical (unpaired) electrons. The molecule has 0 aliphatic heterocycles. The first-order chi connectivity index (χ1) is 12.0. The average Bonchev–Trinajstić information content (AvgIpc) is 2.62. The van der Waals surface area contributed by atoms with E-state index in [-0.39, 0.29) is 22.5 Å². The molecule has 0 aliphatic carbocycles. The molecule has 5 nitrogen and oxygen atoms in total. The molecule has 1 aromatic heterocycles. The Labute approximate surface area is 146 Å². The van der Waals surface area contributed by atoms with Gasteiger partial charge in [-0.25, -0.2) is 0 Å². The van der Waals surface area contributed by atoms with Gasteiger partial charge in [-0.15, -0.1) is 0 Å². The van der Waals surface area contributed by atoms with Crippen molar-refractivity contribution in [2.75, 3.05) is 20.7 Å². The Bertz CT molecular complexity index is 944. The number of benzene rings is 2. The molecule has 0 unspecified atom stereocenters. The van der Waals surface area contributed by atoms with E-state index in [0.29, 0.717) is 11.1 Å². The lowest BCUT2D eigenvalue weighted by Gasteiger charge is -2.14. The summed E-state index contributed by atoms with van der Waals surface area (Å²) in [4.78, 5) is 14.6. The summed E-state index contributed by atoms with van der Waals surface area (Å²) < 4.78 is 11.1. The van der Waals surface area contributed by atoms with Crippen molar-refractivity contribution in [3.05, 3.63) is 58.3 Å². The van der Waals surface area contributed by atoms with Gasteiger partial charge >= 0.3 is 0 Å². The van der Waals surface area contributed by atoms with Gasteiger partial charge in [-0.05, 0) is 31.3 Å². The Morgan fingerprint density at radius 2 is 1.88 bits per heavy atom. The summed E-state index contributed by atoms with van der Waals surface area (Å²) in [6.45, 7) is 3.95. The largest absolute Gasteiger partial charge is 0.504 e. The molecule has 3 aromatic rings. The number of ether oxygens (including phenoxy) is 1. The Balaban J connectivity index is 2.05. The summed E-state index contributed by atoms with van der Waals surface area (Å²) in [6, 6.07) is 12.3. The second kappa shape index (κ2) is 6.99. The highest BCUT2D eigenvalue weighted by molar-refractivity contribution is 5.86. The number of aromatic hydroxyl groups is 1. The fraction of sp³-hybridized carbons (Fsp3) is 0.250. The van der Waals surface area contributed by atoms with E-state index in [1.807, 2.05) is 24.3 Å². The van der Waals surface area contributed by atoms with Gasteiger partial charge in [0.15, 0.2) is 16.8 Å². The standard InChI is InChI=1S/C20H21NO4/c1-4-21(2)12-13-5-7-14(8-6-13)18-11-17(23)15-9-10-16(22)20(24-3)19(15)25-18/h5-11,22H,4,12H2,1-3H3. The van der Waals surface area contributed by atoms with Crippen molar-refractivity contribution in [2.45, 2.75) is 13.5 Å². The predicted molar refractivity (Wildman–Crippen MR) is 98.1 cm³/mol. The van der Waals surface area contributed by atoms with Crippen LogP contribution in [0, 0.1) is 0 Å². The van der Waals surface area contributed by atoms with Crippen LogP contribution in [0.3, 0.4) is 0 Å². The first kappa shape index (κ1) is 17.0. The lowest BCUT2D eigenvalue weighted by atomic mass is 10.1. The molecular formula is C20H21NO4. The van der Waals surface area contributed by atoms with Crippen molar-refractivity contribution in [3.8, 4) is 22.8 Å². The average molecular weight is 339 g/mol. The van der Waals surface area contributed by atoms with Gasteiger partial charge in [0.2, 0.25) is 5.75 Å². The topological polar surface area (TPSA) is 62.9 Å². The molecule has 0 saturated carbocycles. The van der Waals surface area contributed by atoms with Gasteiger partial charge < -0.3 is 19.2 Å². The highest BCUT2D eigenvalue weighted by Crippen LogP contribution is 2.35. The Morgan fingerprint density at radius 1 is 1.16 bits per heavy atom. The Kier molecular flexibility index (Phi) is 4.76. The number of methoxy groups -OCH3 is 1. The molecule has 3 rings (SSSR count). The van der Waals surface area contributed by atoms with Crippen molar-refractivity contribution in [3.63, 3.8) is 0 Å². The van der Waals surface area contributed by atoms with Gasteiger partial charge in [-0.3, -0.25) is 4.79 Å². The number of phenols is 1. The van der Waals surface area contributed by atoms with Gasteiger partial charge in [0.05, 0.1) is 12.5 Å². The van der Waals surface area contributed by atoms with Crippen LogP contribution < -0.4 is 10.2 Å². The summed E-state index contributed by atoms with van der Waals surface area (Å²) in [6.07, 6.45) is 0. The van der Waals surface area contributed by atoms with Crippen LogP contribution >= 0.6 is 0 Å². The number of fused-ring (bicyclic) bond motifs is 1. The number of nitrogens with zero attached hydrogens (tertiary/aromatic N) is 1. The van der Waals surface area contributed by atoms with Crippen LogP contribution in [0.2, 0.25) is 0 Å². The monoisotopic (exact) mass is 339 g/mol. The molecule has 0 aliphatic rings. The number of rotatable bonds is 5. The SMILES string of the molecule is CCN(C)Cc1ccc(-c2cc(=O)c3ccc(O)c(OC)c3o2)cc1. The smallest absolute Gasteiger partial charge is 0.204 e. The molecule has 0 saturated heterocycles. The highest BCUT2D eigenvalue weighted by atomic mass is 16.5. The van der Waals surface area contributed by atoms with Crippen LogP contribution in [0.25, 0.3) is 22.3 Å². The van der Waals surface area contributed by atoms with E-state index < -0.39 is 0 Å². The first-order valence-electron chi connectivity index (χ1n) is 8.15. The third kappa shape index (κ3) is 3.37. The van der Waals surface area contributed by atoms with E-state index in [4.69, 9.17) is 9.15 Å². The Hall–Kier alpha value is -2.79. The third-order valence-corrected chi connectivity index (χ3v) is 4.27. The first-order valence-corrected chi connectivity index (χ1v) is 8.15. The molecule has 1 heterocycles. The zero-order chi connectivity index (χ0) is 18.0. The van der Waals surface area contributed by atoms with E-state index in [2.05, 4.69) is 18.9 Å². The molecule has 2 aromatic carbocycles. The van der Waals surface area contributed by atoms with E-state index in [9.17, 15) is 9.90 Å². The van der Waals surface area contributed by atoms with Crippen molar-refractivity contribution < 1.29 is 14.3 Å². The summed E-state index contributed by atoms with van der Waals surface area (Å²) >= 11 is 0. The fourth-order valence-electron chi connectivity index (χ4n) is 2.72. The summed E-state index contributed by atoms with van der Waals surface area (Å²) in [5, 5.41) is 10.3. The van der Waals surface area contributed by atoms with Crippen LogP contribution in [0.15, 0.2) is 51.7 Å². The maximum Gasteiger partial charge on any atom is 0.204 e. The van der Waals surface area contributed by atoms with Crippen molar-refractivity contribution in [1.29, 1.82) is 0 Å². The number of hydrogen-bond donors (Lipinski definition) is 1. The Morgan fingerprint density at radius 3 is 2.52 bits per heavy atom.